The lowest BCUT2D eigenvalue weighted by Crippen LogP contribution is -2.46. The van der Waals surface area contributed by atoms with Crippen molar-refractivity contribution < 1.29 is 17.6 Å². The summed E-state index contributed by atoms with van der Waals surface area (Å²) < 4.78 is 54.9. The van der Waals surface area contributed by atoms with Crippen molar-refractivity contribution in [2.24, 2.45) is 0 Å². The van der Waals surface area contributed by atoms with Crippen LogP contribution in [0.5, 0.6) is 0 Å². The van der Waals surface area contributed by atoms with Gasteiger partial charge in [-0.2, -0.15) is 18.3 Å². The minimum atomic E-state index is -4.30. The topological polar surface area (TPSA) is 32.6 Å². The molecule has 0 unspecified atom stereocenters. The first-order valence-corrected chi connectivity index (χ1v) is 8.94. The van der Waals surface area contributed by atoms with Crippen LogP contribution < -0.4 is 5.32 Å². The number of piperidine rings is 1. The SMILES string of the molecule is CCCc1nn2c(N[C@@H]3CCN(C)C[C@@H]3F)cccc2c1CC(F)(F)F. The van der Waals surface area contributed by atoms with E-state index in [-0.39, 0.29) is 11.6 Å². The minimum absolute atomic E-state index is 0.211. The maximum absolute atomic E-state index is 14.3. The molecule has 4 nitrogen and oxygen atoms in total. The van der Waals surface area contributed by atoms with Gasteiger partial charge < -0.3 is 10.2 Å². The molecule has 1 aliphatic heterocycles. The van der Waals surface area contributed by atoms with Gasteiger partial charge >= 0.3 is 6.18 Å². The van der Waals surface area contributed by atoms with Crippen molar-refractivity contribution in [3.8, 4) is 0 Å². The summed E-state index contributed by atoms with van der Waals surface area (Å²) in [5.41, 5.74) is 1.10. The summed E-state index contributed by atoms with van der Waals surface area (Å²) in [7, 11) is 1.87. The summed E-state index contributed by atoms with van der Waals surface area (Å²) >= 11 is 0. The molecule has 0 aliphatic carbocycles. The number of aromatic nitrogens is 2. The summed E-state index contributed by atoms with van der Waals surface area (Å²) in [6, 6.07) is 4.69. The van der Waals surface area contributed by atoms with Crippen LogP contribution >= 0.6 is 0 Å². The van der Waals surface area contributed by atoms with E-state index in [2.05, 4.69) is 10.4 Å². The molecule has 1 fully saturated rings. The van der Waals surface area contributed by atoms with Gasteiger partial charge in [-0.1, -0.05) is 19.4 Å². The third-order valence-electron chi connectivity index (χ3n) is 4.78. The number of likely N-dealkylation sites (tertiary alicyclic amines) is 1. The molecule has 2 atom stereocenters. The lowest BCUT2D eigenvalue weighted by atomic mass is 10.0. The zero-order valence-electron chi connectivity index (χ0n) is 15.0. The average molecular weight is 372 g/mol. The molecule has 0 aromatic carbocycles. The van der Waals surface area contributed by atoms with E-state index in [1.165, 1.54) is 4.52 Å². The molecular weight excluding hydrogens is 348 g/mol. The van der Waals surface area contributed by atoms with Gasteiger partial charge in [0.1, 0.15) is 12.0 Å². The van der Waals surface area contributed by atoms with E-state index >= 15 is 0 Å². The van der Waals surface area contributed by atoms with Gasteiger partial charge in [0, 0.05) is 18.7 Å². The first-order valence-electron chi connectivity index (χ1n) is 8.94. The van der Waals surface area contributed by atoms with Crippen molar-refractivity contribution in [1.29, 1.82) is 0 Å². The molecule has 2 aromatic rings. The van der Waals surface area contributed by atoms with E-state index in [0.717, 1.165) is 6.54 Å². The summed E-state index contributed by atoms with van der Waals surface area (Å²) in [5, 5.41) is 7.57. The molecule has 0 saturated carbocycles. The van der Waals surface area contributed by atoms with Crippen LogP contribution in [0.2, 0.25) is 0 Å². The number of nitrogens with one attached hydrogen (secondary N) is 1. The Morgan fingerprint density at radius 1 is 1.31 bits per heavy atom. The van der Waals surface area contributed by atoms with Gasteiger partial charge in [-0.3, -0.25) is 0 Å². The Morgan fingerprint density at radius 3 is 2.73 bits per heavy atom. The lowest BCUT2D eigenvalue weighted by Gasteiger charge is -2.33. The van der Waals surface area contributed by atoms with Gasteiger partial charge in [-0.05, 0) is 32.0 Å². The van der Waals surface area contributed by atoms with Crippen LogP contribution in [0.4, 0.5) is 23.4 Å². The van der Waals surface area contributed by atoms with Gasteiger partial charge in [0.25, 0.3) is 0 Å². The Bertz CT molecular complexity index is 755. The molecule has 8 heteroatoms. The van der Waals surface area contributed by atoms with Crippen LogP contribution in [0.3, 0.4) is 0 Å². The predicted molar refractivity (Wildman–Crippen MR) is 93.4 cm³/mol. The standard InChI is InChI=1S/C18H24F4N4/c1-3-5-14-12(10-18(20,21)22)16-6-4-7-17(26(16)24-14)23-15-8-9-25(2)11-13(15)19/h4,6-7,13,15,23H,3,5,8-11H2,1-2H3/t13-,15+/m0/s1. The highest BCUT2D eigenvalue weighted by molar-refractivity contribution is 5.62. The van der Waals surface area contributed by atoms with Crippen molar-refractivity contribution in [1.82, 2.24) is 14.5 Å². The Labute approximate surface area is 150 Å². The Balaban J connectivity index is 1.95. The smallest absolute Gasteiger partial charge is 0.364 e. The highest BCUT2D eigenvalue weighted by Gasteiger charge is 2.32. The molecule has 3 rings (SSSR count). The maximum Gasteiger partial charge on any atom is 0.393 e. The van der Waals surface area contributed by atoms with Crippen molar-refractivity contribution >= 4 is 11.3 Å². The summed E-state index contributed by atoms with van der Waals surface area (Å²) in [6.45, 7) is 3.02. The zero-order chi connectivity index (χ0) is 18.9. The number of nitrogens with zero attached hydrogens (tertiary/aromatic N) is 3. The summed E-state index contributed by atoms with van der Waals surface area (Å²) in [4.78, 5) is 1.93. The Morgan fingerprint density at radius 2 is 2.08 bits per heavy atom. The van der Waals surface area contributed by atoms with E-state index < -0.39 is 18.8 Å². The van der Waals surface area contributed by atoms with Crippen LogP contribution in [0.1, 0.15) is 31.0 Å². The second kappa shape index (κ2) is 7.42. The molecule has 1 N–H and O–H groups in total. The number of halogens is 4. The number of rotatable bonds is 5. The molecule has 0 spiro atoms. The number of anilines is 1. The fourth-order valence-corrected chi connectivity index (χ4v) is 3.52. The highest BCUT2D eigenvalue weighted by atomic mass is 19.4. The molecule has 2 aromatic heterocycles. The molecule has 1 saturated heterocycles. The fraction of sp³-hybridized carbons (Fsp3) is 0.611. The van der Waals surface area contributed by atoms with Gasteiger partial charge in [0.2, 0.25) is 0 Å². The number of alkyl halides is 4. The zero-order valence-corrected chi connectivity index (χ0v) is 15.0. The van der Waals surface area contributed by atoms with E-state index in [1.807, 2.05) is 18.9 Å². The van der Waals surface area contributed by atoms with Crippen LogP contribution in [0.15, 0.2) is 18.2 Å². The molecule has 0 bridgehead atoms. The van der Waals surface area contributed by atoms with E-state index in [1.54, 1.807) is 18.2 Å². The molecule has 3 heterocycles. The second-order valence-electron chi connectivity index (χ2n) is 6.99. The van der Waals surface area contributed by atoms with Crippen molar-refractivity contribution in [3.05, 3.63) is 29.5 Å². The predicted octanol–water partition coefficient (Wildman–Crippen LogP) is 3.85. The van der Waals surface area contributed by atoms with Crippen LogP contribution in [0, 0.1) is 0 Å². The van der Waals surface area contributed by atoms with Crippen LogP contribution in [0.25, 0.3) is 5.52 Å². The maximum atomic E-state index is 14.3. The van der Waals surface area contributed by atoms with Gasteiger partial charge in [0.15, 0.2) is 0 Å². The van der Waals surface area contributed by atoms with Gasteiger partial charge in [0.05, 0.1) is 23.7 Å². The first kappa shape index (κ1) is 18.9. The fourth-order valence-electron chi connectivity index (χ4n) is 3.52. The molecule has 1 aliphatic rings. The van der Waals surface area contributed by atoms with Crippen molar-refractivity contribution in [3.63, 3.8) is 0 Å². The van der Waals surface area contributed by atoms with Crippen molar-refractivity contribution in [2.45, 2.75) is 51.0 Å². The molecule has 0 radical (unpaired) electrons. The number of pyridine rings is 1. The number of hydrogen-bond acceptors (Lipinski definition) is 3. The average Bonchev–Trinajstić information content (AvgIpc) is 2.88. The van der Waals surface area contributed by atoms with E-state index in [0.29, 0.717) is 42.8 Å². The highest BCUT2D eigenvalue weighted by Crippen LogP contribution is 2.29. The number of hydrogen-bond donors (Lipinski definition) is 1. The molecule has 0 amide bonds. The van der Waals surface area contributed by atoms with Crippen LogP contribution in [-0.4, -0.2) is 53.0 Å². The summed E-state index contributed by atoms with van der Waals surface area (Å²) in [5.74, 6) is 0.533. The summed E-state index contributed by atoms with van der Waals surface area (Å²) in [6.07, 6.45) is -4.52. The minimum Gasteiger partial charge on any atom is -0.364 e. The molecule has 144 valence electrons. The van der Waals surface area contributed by atoms with Crippen molar-refractivity contribution in [2.75, 3.05) is 25.5 Å². The largest absolute Gasteiger partial charge is 0.393 e. The quantitative estimate of drug-likeness (QED) is 0.810. The Kier molecular flexibility index (Phi) is 5.41. The van der Waals surface area contributed by atoms with E-state index in [4.69, 9.17) is 0 Å². The first-order chi connectivity index (χ1) is 12.3. The van der Waals surface area contributed by atoms with Gasteiger partial charge in [-0.15, -0.1) is 0 Å². The number of fused-ring (bicyclic) bond motifs is 1. The van der Waals surface area contributed by atoms with Gasteiger partial charge in [-0.25, -0.2) is 8.91 Å². The van der Waals surface area contributed by atoms with E-state index in [9.17, 15) is 17.6 Å². The third-order valence-corrected chi connectivity index (χ3v) is 4.78. The molecule has 26 heavy (non-hydrogen) atoms. The molecular formula is C18H24F4N4. The lowest BCUT2D eigenvalue weighted by molar-refractivity contribution is -0.127. The van der Waals surface area contributed by atoms with Crippen LogP contribution in [-0.2, 0) is 12.8 Å². The normalized spacial score (nSPS) is 22.1. The third kappa shape index (κ3) is 4.11. The monoisotopic (exact) mass is 372 g/mol. The Hall–Kier alpha value is -1.83. The number of aryl methyl sites for hydroxylation is 1. The second-order valence-corrected chi connectivity index (χ2v) is 6.99.